The first-order valence-corrected chi connectivity index (χ1v) is 6.70. The number of aliphatic hydroxyl groups is 3. The van der Waals surface area contributed by atoms with Gasteiger partial charge in [0.25, 0.3) is 0 Å². The molecule has 1 aliphatic heterocycles. The van der Waals surface area contributed by atoms with Crippen LogP contribution >= 0.6 is 15.9 Å². The molecule has 0 saturated carbocycles. The van der Waals surface area contributed by atoms with Crippen molar-refractivity contribution in [3.8, 4) is 0 Å². The molecule has 18 heavy (non-hydrogen) atoms. The predicted octanol–water partition coefficient (Wildman–Crippen LogP) is -1.66. The average molecular weight is 328 g/mol. The largest absolute Gasteiger partial charge is 0.394 e. The van der Waals surface area contributed by atoms with Gasteiger partial charge in [0.1, 0.15) is 24.4 Å². The van der Waals surface area contributed by atoms with E-state index in [0.29, 0.717) is 11.9 Å². The van der Waals surface area contributed by atoms with Crippen molar-refractivity contribution in [3.63, 3.8) is 0 Å². The van der Waals surface area contributed by atoms with E-state index in [1.807, 2.05) is 0 Å². The van der Waals surface area contributed by atoms with Crippen molar-refractivity contribution in [3.05, 3.63) is 0 Å². The van der Waals surface area contributed by atoms with Crippen LogP contribution in [-0.2, 0) is 14.3 Å². The topological polar surface area (TPSA) is 108 Å². The van der Waals surface area contributed by atoms with Crippen LogP contribution in [0.25, 0.3) is 0 Å². The van der Waals surface area contributed by atoms with Crippen LogP contribution in [0.5, 0.6) is 0 Å². The molecule has 0 spiro atoms. The molecule has 5 atom stereocenters. The molecule has 0 aromatic rings. The maximum absolute atomic E-state index is 11.1. The molecule has 0 radical (unpaired) electrons. The van der Waals surface area contributed by atoms with Crippen LogP contribution in [0.4, 0.5) is 0 Å². The van der Waals surface area contributed by atoms with Gasteiger partial charge in [0.2, 0.25) is 5.91 Å². The molecule has 0 aromatic carbocycles. The molecule has 8 heteroatoms. The summed E-state index contributed by atoms with van der Waals surface area (Å²) in [5.74, 6) is -0.371. The quantitative estimate of drug-likeness (QED) is 0.450. The lowest BCUT2D eigenvalue weighted by atomic mass is 9.97. The third-order valence-corrected chi connectivity index (χ3v) is 2.93. The van der Waals surface area contributed by atoms with Crippen molar-refractivity contribution >= 4 is 21.8 Å². The molecule has 1 rings (SSSR count). The molecular weight excluding hydrogens is 310 g/mol. The molecule has 1 aliphatic rings. The van der Waals surface area contributed by atoms with Crippen molar-refractivity contribution < 1.29 is 29.6 Å². The molecule has 1 amide bonds. The average Bonchev–Trinajstić information content (AvgIpc) is 2.33. The Balaban J connectivity index is 2.76. The molecule has 1 heterocycles. The van der Waals surface area contributed by atoms with Gasteiger partial charge in [0.15, 0.2) is 6.29 Å². The van der Waals surface area contributed by atoms with Crippen molar-refractivity contribution in [1.29, 1.82) is 0 Å². The van der Waals surface area contributed by atoms with Crippen LogP contribution in [-0.4, -0.2) is 70.4 Å². The smallest absolute Gasteiger partial charge is 0.217 e. The van der Waals surface area contributed by atoms with Crippen LogP contribution in [0.3, 0.4) is 0 Å². The number of aliphatic hydroxyl groups excluding tert-OH is 3. The Morgan fingerprint density at radius 3 is 2.61 bits per heavy atom. The van der Waals surface area contributed by atoms with Crippen molar-refractivity contribution in [2.45, 2.75) is 37.6 Å². The van der Waals surface area contributed by atoms with E-state index in [9.17, 15) is 15.0 Å². The van der Waals surface area contributed by atoms with E-state index in [4.69, 9.17) is 14.6 Å². The number of ether oxygens (including phenoxy) is 2. The highest BCUT2D eigenvalue weighted by Gasteiger charge is 2.45. The lowest BCUT2D eigenvalue weighted by Crippen LogP contribution is -2.64. The molecule has 0 unspecified atom stereocenters. The number of alkyl halides is 1. The standard InChI is InChI=1S/C10H18BrNO6/c1-5(14)12-7-9(16)8(15)6(4-13)18-10(7)17-3-2-11/h6-10,13,15-16H,2-4H2,1H3,(H,12,14)/t6-,7-,8-,9-,10-/m1/s1. The first-order chi connectivity index (χ1) is 8.51. The Hall–Kier alpha value is -0.250. The minimum atomic E-state index is -1.28. The SMILES string of the molecule is CC(=O)N[C@H]1[C@H](OCCBr)O[C@H](CO)[C@@H](O)[C@@H]1O. The fourth-order valence-corrected chi connectivity index (χ4v) is 1.96. The third-order valence-electron chi connectivity index (χ3n) is 2.61. The molecule has 4 N–H and O–H groups in total. The zero-order valence-electron chi connectivity index (χ0n) is 9.95. The lowest BCUT2D eigenvalue weighted by Gasteiger charge is -2.42. The fraction of sp³-hybridized carbons (Fsp3) is 0.900. The first kappa shape index (κ1) is 15.8. The molecule has 1 fully saturated rings. The summed E-state index contributed by atoms with van der Waals surface area (Å²) < 4.78 is 10.6. The van der Waals surface area contributed by atoms with Gasteiger partial charge in [-0.15, -0.1) is 0 Å². The monoisotopic (exact) mass is 327 g/mol. The second-order valence-electron chi connectivity index (χ2n) is 3.99. The van der Waals surface area contributed by atoms with E-state index in [0.717, 1.165) is 0 Å². The van der Waals surface area contributed by atoms with E-state index in [-0.39, 0.29) is 5.91 Å². The lowest BCUT2D eigenvalue weighted by molar-refractivity contribution is -0.268. The summed E-state index contributed by atoms with van der Waals surface area (Å²) in [4.78, 5) is 11.1. The van der Waals surface area contributed by atoms with Crippen LogP contribution in [0.15, 0.2) is 0 Å². The van der Waals surface area contributed by atoms with Gasteiger partial charge in [-0.3, -0.25) is 4.79 Å². The molecule has 7 nitrogen and oxygen atoms in total. The van der Waals surface area contributed by atoms with E-state index in [1.54, 1.807) is 0 Å². The van der Waals surface area contributed by atoms with E-state index >= 15 is 0 Å². The maximum Gasteiger partial charge on any atom is 0.217 e. The highest BCUT2D eigenvalue weighted by molar-refractivity contribution is 9.09. The number of nitrogens with one attached hydrogen (secondary N) is 1. The number of hydrogen-bond donors (Lipinski definition) is 4. The molecular formula is C10H18BrNO6. The zero-order valence-corrected chi connectivity index (χ0v) is 11.5. The van der Waals surface area contributed by atoms with Crippen molar-refractivity contribution in [2.75, 3.05) is 18.5 Å². The summed E-state index contributed by atoms with van der Waals surface area (Å²) in [6.07, 6.45) is -4.40. The number of carbonyl (C=O) groups excluding carboxylic acids is 1. The Kier molecular flexibility index (Phi) is 6.47. The summed E-state index contributed by atoms with van der Waals surface area (Å²) in [6, 6.07) is -0.876. The molecule has 0 bridgehead atoms. The highest BCUT2D eigenvalue weighted by atomic mass is 79.9. The molecule has 0 aliphatic carbocycles. The van der Waals surface area contributed by atoms with E-state index < -0.39 is 37.3 Å². The van der Waals surface area contributed by atoms with E-state index in [1.165, 1.54) is 6.92 Å². The van der Waals surface area contributed by atoms with Crippen LogP contribution in [0.2, 0.25) is 0 Å². The fourth-order valence-electron chi connectivity index (χ4n) is 1.77. The van der Waals surface area contributed by atoms with Gasteiger partial charge in [-0.25, -0.2) is 0 Å². The van der Waals surface area contributed by atoms with Gasteiger partial charge >= 0.3 is 0 Å². The number of rotatable bonds is 5. The number of halogens is 1. The zero-order chi connectivity index (χ0) is 13.7. The van der Waals surface area contributed by atoms with Gasteiger partial charge in [-0.1, -0.05) is 15.9 Å². The van der Waals surface area contributed by atoms with Gasteiger partial charge in [0, 0.05) is 12.3 Å². The maximum atomic E-state index is 11.1. The molecule has 0 aromatic heterocycles. The van der Waals surface area contributed by atoms with Crippen LogP contribution in [0.1, 0.15) is 6.92 Å². The predicted molar refractivity (Wildman–Crippen MR) is 65.1 cm³/mol. The van der Waals surface area contributed by atoms with Crippen molar-refractivity contribution in [2.24, 2.45) is 0 Å². The van der Waals surface area contributed by atoms with E-state index in [2.05, 4.69) is 21.2 Å². The minimum Gasteiger partial charge on any atom is -0.394 e. The van der Waals surface area contributed by atoms with Gasteiger partial charge in [0.05, 0.1) is 13.2 Å². The second-order valence-corrected chi connectivity index (χ2v) is 4.79. The molecule has 106 valence electrons. The van der Waals surface area contributed by atoms with Gasteiger partial charge in [-0.2, -0.15) is 0 Å². The van der Waals surface area contributed by atoms with Crippen LogP contribution < -0.4 is 5.32 Å². The Labute approximate surface area is 113 Å². The minimum absolute atomic E-state index is 0.307. The number of carbonyl (C=O) groups is 1. The summed E-state index contributed by atoms with van der Waals surface area (Å²) in [5.41, 5.74) is 0. The number of amides is 1. The van der Waals surface area contributed by atoms with Gasteiger partial charge < -0.3 is 30.1 Å². The Morgan fingerprint density at radius 1 is 1.44 bits per heavy atom. The summed E-state index contributed by atoms with van der Waals surface area (Å²) in [5, 5.41) is 31.7. The van der Waals surface area contributed by atoms with Gasteiger partial charge in [-0.05, 0) is 0 Å². The first-order valence-electron chi connectivity index (χ1n) is 5.58. The molecule has 1 saturated heterocycles. The summed E-state index contributed by atoms with van der Waals surface area (Å²) in [7, 11) is 0. The third kappa shape index (κ3) is 3.87. The second kappa shape index (κ2) is 7.37. The number of hydrogen-bond acceptors (Lipinski definition) is 6. The normalized spacial score (nSPS) is 36.4. The van der Waals surface area contributed by atoms with Crippen molar-refractivity contribution in [1.82, 2.24) is 5.32 Å². The summed E-state index contributed by atoms with van der Waals surface area (Å²) in [6.45, 7) is 1.15. The van der Waals surface area contributed by atoms with Crippen LogP contribution in [0, 0.1) is 0 Å². The summed E-state index contributed by atoms with van der Waals surface area (Å²) >= 11 is 3.18. The Bertz CT molecular complexity index is 279. The Morgan fingerprint density at radius 2 is 2.11 bits per heavy atom. The highest BCUT2D eigenvalue weighted by Crippen LogP contribution is 2.22.